The Kier molecular flexibility index (Phi) is 7.08. The van der Waals surface area contributed by atoms with Gasteiger partial charge in [0, 0.05) is 43.9 Å². The molecule has 1 aromatic heterocycles. The van der Waals surface area contributed by atoms with Crippen LogP contribution in [0, 0.1) is 0 Å². The standard InChI is InChI=1S/C23H28N4O5S2/c1-5-26(6-2)34(29,30)17-9-7-16(8-10-17)22(28)27(12-11-25(3)4)23-24-18-13-19-20(32-15-31-19)14-21(18)33-23/h7-10,13-14H,5-6,11-12,15H2,1-4H3. The van der Waals surface area contributed by atoms with Crippen molar-refractivity contribution in [2.75, 3.05) is 52.0 Å². The number of aromatic nitrogens is 1. The van der Waals surface area contributed by atoms with Gasteiger partial charge in [0.2, 0.25) is 16.8 Å². The molecule has 0 unspecified atom stereocenters. The van der Waals surface area contributed by atoms with Crippen LogP contribution in [-0.2, 0) is 10.0 Å². The van der Waals surface area contributed by atoms with Gasteiger partial charge in [-0.1, -0.05) is 25.2 Å². The van der Waals surface area contributed by atoms with Gasteiger partial charge in [-0.3, -0.25) is 9.69 Å². The summed E-state index contributed by atoms with van der Waals surface area (Å²) >= 11 is 1.40. The summed E-state index contributed by atoms with van der Waals surface area (Å²) in [7, 11) is 0.283. The minimum Gasteiger partial charge on any atom is -0.454 e. The highest BCUT2D eigenvalue weighted by atomic mass is 32.2. The number of thiazole rings is 1. The lowest BCUT2D eigenvalue weighted by Gasteiger charge is -2.22. The number of rotatable bonds is 9. The number of fused-ring (bicyclic) bond motifs is 2. The fourth-order valence-corrected chi connectivity index (χ4v) is 6.10. The molecule has 0 atom stereocenters. The molecular formula is C23H28N4O5S2. The highest BCUT2D eigenvalue weighted by molar-refractivity contribution is 7.89. The van der Waals surface area contributed by atoms with E-state index in [1.54, 1.807) is 30.9 Å². The lowest BCUT2D eigenvalue weighted by Crippen LogP contribution is -2.36. The Hall–Kier alpha value is -2.73. The molecule has 0 N–H and O–H groups in total. The van der Waals surface area contributed by atoms with Gasteiger partial charge in [0.25, 0.3) is 5.91 Å². The van der Waals surface area contributed by atoms with Crippen molar-refractivity contribution in [3.8, 4) is 11.5 Å². The molecule has 0 spiro atoms. The average molecular weight is 505 g/mol. The van der Waals surface area contributed by atoms with Gasteiger partial charge in [0.15, 0.2) is 16.6 Å². The first kappa shape index (κ1) is 24.4. The third-order valence-corrected chi connectivity index (χ3v) is 8.67. The molecule has 1 amide bonds. The fraction of sp³-hybridized carbons (Fsp3) is 0.391. The molecule has 0 radical (unpaired) electrons. The van der Waals surface area contributed by atoms with Gasteiger partial charge in [0.1, 0.15) is 0 Å². The van der Waals surface area contributed by atoms with Crippen molar-refractivity contribution in [3.05, 3.63) is 42.0 Å². The molecule has 9 nitrogen and oxygen atoms in total. The maximum atomic E-state index is 13.5. The van der Waals surface area contributed by atoms with E-state index >= 15 is 0 Å². The molecule has 11 heteroatoms. The zero-order valence-corrected chi connectivity index (χ0v) is 21.3. The number of anilines is 1. The summed E-state index contributed by atoms with van der Waals surface area (Å²) in [6.45, 7) is 5.62. The predicted octanol–water partition coefficient (Wildman–Crippen LogP) is 3.26. The van der Waals surface area contributed by atoms with Crippen LogP contribution in [0.1, 0.15) is 24.2 Å². The normalized spacial score (nSPS) is 13.2. The van der Waals surface area contributed by atoms with E-state index in [1.165, 1.54) is 27.8 Å². The van der Waals surface area contributed by atoms with Gasteiger partial charge in [-0.2, -0.15) is 4.31 Å². The molecule has 4 rings (SSSR count). The zero-order chi connectivity index (χ0) is 24.5. The largest absolute Gasteiger partial charge is 0.454 e. The quantitative estimate of drug-likeness (QED) is 0.442. The summed E-state index contributed by atoms with van der Waals surface area (Å²) in [5.41, 5.74) is 1.12. The van der Waals surface area contributed by atoms with E-state index in [0.29, 0.717) is 48.4 Å². The number of hydrogen-bond donors (Lipinski definition) is 0. The number of nitrogens with zero attached hydrogens (tertiary/aromatic N) is 4. The van der Waals surface area contributed by atoms with Crippen LogP contribution in [0.25, 0.3) is 10.2 Å². The third-order valence-electron chi connectivity index (χ3n) is 5.56. The van der Waals surface area contributed by atoms with Gasteiger partial charge in [-0.05, 0) is 38.4 Å². The number of benzene rings is 2. The van der Waals surface area contributed by atoms with Crippen molar-refractivity contribution < 1.29 is 22.7 Å². The van der Waals surface area contributed by atoms with Crippen LogP contribution >= 0.6 is 11.3 Å². The first-order chi connectivity index (χ1) is 16.2. The molecule has 1 aliphatic heterocycles. The molecule has 3 aromatic rings. The van der Waals surface area contributed by atoms with Crippen LogP contribution in [0.3, 0.4) is 0 Å². The molecule has 2 aromatic carbocycles. The third kappa shape index (κ3) is 4.74. The van der Waals surface area contributed by atoms with Crippen LogP contribution in [-0.4, -0.2) is 75.6 Å². The van der Waals surface area contributed by atoms with Gasteiger partial charge >= 0.3 is 0 Å². The molecule has 34 heavy (non-hydrogen) atoms. The number of amides is 1. The summed E-state index contributed by atoms with van der Waals surface area (Å²) in [5, 5.41) is 0.561. The molecular weight excluding hydrogens is 476 g/mol. The van der Waals surface area contributed by atoms with E-state index in [1.807, 2.05) is 31.1 Å². The van der Waals surface area contributed by atoms with Gasteiger partial charge < -0.3 is 14.4 Å². The maximum absolute atomic E-state index is 13.5. The summed E-state index contributed by atoms with van der Waals surface area (Å²) in [5.74, 6) is 1.06. The summed E-state index contributed by atoms with van der Waals surface area (Å²) < 4.78 is 38.8. The molecule has 0 saturated heterocycles. The molecule has 0 fully saturated rings. The van der Waals surface area contributed by atoms with Crippen molar-refractivity contribution >= 4 is 42.6 Å². The van der Waals surface area contributed by atoms with Crippen LogP contribution in [0.15, 0.2) is 41.3 Å². The van der Waals surface area contributed by atoms with Crippen molar-refractivity contribution in [2.45, 2.75) is 18.7 Å². The van der Waals surface area contributed by atoms with E-state index in [0.717, 1.165) is 10.2 Å². The Morgan fingerprint density at radius 2 is 1.68 bits per heavy atom. The second kappa shape index (κ2) is 9.87. The van der Waals surface area contributed by atoms with Crippen molar-refractivity contribution in [2.24, 2.45) is 0 Å². The number of ether oxygens (including phenoxy) is 2. The predicted molar refractivity (Wildman–Crippen MR) is 133 cm³/mol. The molecule has 0 aliphatic carbocycles. The monoisotopic (exact) mass is 504 g/mol. The van der Waals surface area contributed by atoms with E-state index in [-0.39, 0.29) is 17.6 Å². The highest BCUT2D eigenvalue weighted by Gasteiger charge is 2.25. The first-order valence-electron chi connectivity index (χ1n) is 11.0. The minimum absolute atomic E-state index is 0.169. The van der Waals surface area contributed by atoms with Crippen molar-refractivity contribution in [3.63, 3.8) is 0 Å². The first-order valence-corrected chi connectivity index (χ1v) is 13.3. The van der Waals surface area contributed by atoms with Crippen LogP contribution in [0.2, 0.25) is 0 Å². The van der Waals surface area contributed by atoms with E-state index in [9.17, 15) is 13.2 Å². The van der Waals surface area contributed by atoms with E-state index in [2.05, 4.69) is 4.98 Å². The van der Waals surface area contributed by atoms with Crippen molar-refractivity contribution in [1.82, 2.24) is 14.2 Å². The smallest absolute Gasteiger partial charge is 0.260 e. The van der Waals surface area contributed by atoms with Crippen LogP contribution < -0.4 is 14.4 Å². The molecule has 182 valence electrons. The minimum atomic E-state index is -3.59. The SMILES string of the molecule is CCN(CC)S(=O)(=O)c1ccc(C(=O)N(CCN(C)C)c2nc3cc4c(cc3s2)OCO4)cc1. The van der Waals surface area contributed by atoms with E-state index < -0.39 is 10.0 Å². The van der Waals surface area contributed by atoms with Crippen LogP contribution in [0.5, 0.6) is 11.5 Å². The lowest BCUT2D eigenvalue weighted by molar-refractivity contribution is 0.0985. The van der Waals surface area contributed by atoms with Crippen molar-refractivity contribution in [1.29, 1.82) is 0 Å². The number of carbonyl (C=O) groups excluding carboxylic acids is 1. The molecule has 1 aliphatic rings. The summed E-state index contributed by atoms with van der Waals surface area (Å²) in [6, 6.07) is 9.79. The lowest BCUT2D eigenvalue weighted by atomic mass is 10.2. The number of sulfonamides is 1. The maximum Gasteiger partial charge on any atom is 0.260 e. The molecule has 2 heterocycles. The Morgan fingerprint density at radius 3 is 2.29 bits per heavy atom. The zero-order valence-electron chi connectivity index (χ0n) is 19.6. The topological polar surface area (TPSA) is 92.3 Å². The number of hydrogen-bond acceptors (Lipinski definition) is 8. The second-order valence-corrected chi connectivity index (χ2v) is 11.0. The second-order valence-electron chi connectivity index (χ2n) is 8.04. The molecule has 0 saturated carbocycles. The average Bonchev–Trinajstić information content (AvgIpc) is 3.43. The van der Waals surface area contributed by atoms with E-state index in [4.69, 9.17) is 9.47 Å². The number of carbonyl (C=O) groups is 1. The highest BCUT2D eigenvalue weighted by Crippen LogP contribution is 2.40. The Morgan fingerprint density at radius 1 is 1.03 bits per heavy atom. The van der Waals surface area contributed by atoms with Gasteiger partial charge in [-0.15, -0.1) is 0 Å². The number of likely N-dealkylation sites (N-methyl/N-ethyl adjacent to an activating group) is 1. The molecule has 0 bridgehead atoms. The Bertz CT molecular complexity index is 1240. The Balaban J connectivity index is 1.65. The summed E-state index contributed by atoms with van der Waals surface area (Å²) in [4.78, 5) is 22.0. The Labute approximate surface area is 203 Å². The van der Waals surface area contributed by atoms with Gasteiger partial charge in [-0.25, -0.2) is 13.4 Å². The van der Waals surface area contributed by atoms with Gasteiger partial charge in [0.05, 0.1) is 15.1 Å². The summed E-state index contributed by atoms with van der Waals surface area (Å²) in [6.07, 6.45) is 0. The van der Waals surface area contributed by atoms with Crippen LogP contribution in [0.4, 0.5) is 5.13 Å². The fourth-order valence-electron chi connectivity index (χ4n) is 3.64.